The number of nitrogens with one attached hydrogen (secondary N) is 1. The van der Waals surface area contributed by atoms with E-state index in [4.69, 9.17) is 11.6 Å². The van der Waals surface area contributed by atoms with Gasteiger partial charge in [0.2, 0.25) is 0 Å². The molecule has 112 valence electrons. The first-order chi connectivity index (χ1) is 9.70. The molecule has 8 heteroatoms. The molecule has 0 saturated heterocycles. The van der Waals surface area contributed by atoms with Crippen LogP contribution < -0.4 is 4.72 Å². The van der Waals surface area contributed by atoms with Crippen LogP contribution in [-0.4, -0.2) is 23.1 Å². The van der Waals surface area contributed by atoms with Crippen LogP contribution in [0.25, 0.3) is 0 Å². The quantitative estimate of drug-likeness (QED) is 0.923. The van der Waals surface area contributed by atoms with Gasteiger partial charge in [0.1, 0.15) is 4.90 Å². The summed E-state index contributed by atoms with van der Waals surface area (Å²) in [5, 5.41) is -0.0502. The van der Waals surface area contributed by atoms with E-state index in [9.17, 15) is 16.8 Å². The van der Waals surface area contributed by atoms with Gasteiger partial charge in [-0.25, -0.2) is 16.8 Å². The van der Waals surface area contributed by atoms with E-state index >= 15 is 0 Å². The summed E-state index contributed by atoms with van der Waals surface area (Å²) >= 11 is 5.88. The Bertz CT molecular complexity index is 862. The molecular weight excluding hydrogens is 334 g/mol. The van der Waals surface area contributed by atoms with Crippen LogP contribution >= 0.6 is 11.6 Å². The van der Waals surface area contributed by atoms with E-state index in [-0.39, 0.29) is 14.8 Å². The summed E-state index contributed by atoms with van der Waals surface area (Å²) in [6, 6.07) is 11.8. The molecule has 0 bridgehead atoms. The molecule has 0 spiro atoms. The highest BCUT2D eigenvalue weighted by molar-refractivity contribution is 7.93. The third-order valence-corrected chi connectivity index (χ3v) is 5.62. The molecule has 0 fully saturated rings. The number of hydrogen-bond donors (Lipinski definition) is 1. The molecular formula is C13H12ClNO4S2. The third-order valence-electron chi connectivity index (χ3n) is 2.65. The second kappa shape index (κ2) is 5.67. The van der Waals surface area contributed by atoms with E-state index in [1.165, 1.54) is 12.1 Å². The predicted molar refractivity (Wildman–Crippen MR) is 81.8 cm³/mol. The molecule has 0 radical (unpaired) electrons. The van der Waals surface area contributed by atoms with E-state index < -0.39 is 19.9 Å². The van der Waals surface area contributed by atoms with Crippen molar-refractivity contribution in [1.82, 2.24) is 0 Å². The Hall–Kier alpha value is -1.57. The number of para-hydroxylation sites is 1. The van der Waals surface area contributed by atoms with Crippen molar-refractivity contribution in [3.63, 3.8) is 0 Å². The van der Waals surface area contributed by atoms with Gasteiger partial charge in [0, 0.05) is 11.9 Å². The second-order valence-electron chi connectivity index (χ2n) is 4.34. The number of halogens is 1. The van der Waals surface area contributed by atoms with Gasteiger partial charge in [-0.1, -0.05) is 29.8 Å². The summed E-state index contributed by atoms with van der Waals surface area (Å²) in [5.74, 6) is 0. The van der Waals surface area contributed by atoms with Gasteiger partial charge in [-0.15, -0.1) is 0 Å². The highest BCUT2D eigenvalue weighted by atomic mass is 35.5. The maximum absolute atomic E-state index is 12.3. The predicted octanol–water partition coefficient (Wildman–Crippen LogP) is 2.54. The lowest BCUT2D eigenvalue weighted by atomic mass is 10.3. The van der Waals surface area contributed by atoms with Crippen LogP contribution in [0.15, 0.2) is 58.3 Å². The van der Waals surface area contributed by atoms with E-state index in [0.717, 1.165) is 12.3 Å². The largest absolute Gasteiger partial charge is 0.280 e. The number of hydrogen-bond acceptors (Lipinski definition) is 4. The molecule has 2 aromatic carbocycles. The van der Waals surface area contributed by atoms with E-state index in [2.05, 4.69) is 4.72 Å². The standard InChI is InChI=1S/C13H12ClNO4S2/c1-20(16,17)11-7-8-12(14)13(9-11)21(18,19)15-10-5-3-2-4-6-10/h2-9,15H,1H3. The Kier molecular flexibility index (Phi) is 4.27. The fourth-order valence-electron chi connectivity index (χ4n) is 1.64. The molecule has 2 rings (SSSR count). The summed E-state index contributed by atoms with van der Waals surface area (Å²) in [7, 11) is -7.50. The van der Waals surface area contributed by atoms with Crippen LogP contribution in [0.2, 0.25) is 5.02 Å². The molecule has 5 nitrogen and oxygen atoms in total. The van der Waals surface area contributed by atoms with E-state index in [0.29, 0.717) is 5.69 Å². The van der Waals surface area contributed by atoms with Crippen LogP contribution in [0.5, 0.6) is 0 Å². The number of sulfonamides is 1. The van der Waals surface area contributed by atoms with Crippen LogP contribution in [0.1, 0.15) is 0 Å². The van der Waals surface area contributed by atoms with Gasteiger partial charge in [0.05, 0.1) is 9.92 Å². The summed E-state index contributed by atoms with van der Waals surface area (Å²) in [6.45, 7) is 0. The molecule has 0 aliphatic heterocycles. The van der Waals surface area contributed by atoms with Crippen molar-refractivity contribution in [3.05, 3.63) is 53.6 Å². The number of rotatable bonds is 4. The first kappa shape index (κ1) is 15.8. The van der Waals surface area contributed by atoms with Crippen molar-refractivity contribution in [2.24, 2.45) is 0 Å². The van der Waals surface area contributed by atoms with Gasteiger partial charge in [-0.05, 0) is 30.3 Å². The minimum atomic E-state index is -3.97. The average molecular weight is 346 g/mol. The highest BCUT2D eigenvalue weighted by Gasteiger charge is 2.21. The fourth-order valence-corrected chi connectivity index (χ4v) is 3.94. The fraction of sp³-hybridized carbons (Fsp3) is 0.0769. The maximum atomic E-state index is 12.3. The van der Waals surface area contributed by atoms with Gasteiger partial charge in [-0.2, -0.15) is 0 Å². The second-order valence-corrected chi connectivity index (χ2v) is 8.41. The van der Waals surface area contributed by atoms with Gasteiger partial charge in [0.15, 0.2) is 9.84 Å². The van der Waals surface area contributed by atoms with Crippen molar-refractivity contribution < 1.29 is 16.8 Å². The Labute approximate surface area is 128 Å². The molecule has 0 unspecified atom stereocenters. The lowest BCUT2D eigenvalue weighted by Gasteiger charge is -2.10. The number of sulfone groups is 1. The molecule has 2 aromatic rings. The van der Waals surface area contributed by atoms with Crippen LogP contribution in [0.3, 0.4) is 0 Å². The van der Waals surface area contributed by atoms with Gasteiger partial charge in [0.25, 0.3) is 10.0 Å². The van der Waals surface area contributed by atoms with Crippen molar-refractivity contribution in [2.75, 3.05) is 11.0 Å². The number of benzene rings is 2. The first-order valence-corrected chi connectivity index (χ1v) is 9.53. The summed E-state index contributed by atoms with van der Waals surface area (Å²) in [6.07, 6.45) is 0.997. The molecule has 0 aromatic heterocycles. The molecule has 0 saturated carbocycles. The van der Waals surface area contributed by atoms with Gasteiger partial charge in [-0.3, -0.25) is 4.72 Å². The smallest absolute Gasteiger partial charge is 0.263 e. The topological polar surface area (TPSA) is 80.3 Å². The summed E-state index contributed by atoms with van der Waals surface area (Å²) < 4.78 is 50.0. The summed E-state index contributed by atoms with van der Waals surface area (Å²) in [5.41, 5.74) is 0.360. The normalized spacial score (nSPS) is 12.1. The zero-order valence-electron chi connectivity index (χ0n) is 10.9. The molecule has 0 atom stereocenters. The lowest BCUT2D eigenvalue weighted by molar-refractivity contribution is 0.600. The Morgan fingerprint density at radius 1 is 0.952 bits per heavy atom. The average Bonchev–Trinajstić information content (AvgIpc) is 2.38. The molecule has 0 aliphatic carbocycles. The lowest BCUT2D eigenvalue weighted by Crippen LogP contribution is -2.14. The van der Waals surface area contributed by atoms with Crippen molar-refractivity contribution in [3.8, 4) is 0 Å². The molecule has 1 N–H and O–H groups in total. The molecule has 0 heterocycles. The maximum Gasteiger partial charge on any atom is 0.263 e. The van der Waals surface area contributed by atoms with Gasteiger partial charge < -0.3 is 0 Å². The highest BCUT2D eigenvalue weighted by Crippen LogP contribution is 2.26. The van der Waals surface area contributed by atoms with Crippen molar-refractivity contribution >= 4 is 37.1 Å². The van der Waals surface area contributed by atoms with E-state index in [1.54, 1.807) is 30.3 Å². The minimum Gasteiger partial charge on any atom is -0.280 e. The molecule has 21 heavy (non-hydrogen) atoms. The van der Waals surface area contributed by atoms with E-state index in [1.807, 2.05) is 0 Å². The van der Waals surface area contributed by atoms with Crippen molar-refractivity contribution in [2.45, 2.75) is 9.79 Å². The Morgan fingerprint density at radius 2 is 1.57 bits per heavy atom. The Morgan fingerprint density at radius 3 is 2.14 bits per heavy atom. The SMILES string of the molecule is CS(=O)(=O)c1ccc(Cl)c(S(=O)(=O)Nc2ccccc2)c1. The zero-order valence-corrected chi connectivity index (χ0v) is 13.3. The van der Waals surface area contributed by atoms with Crippen molar-refractivity contribution in [1.29, 1.82) is 0 Å². The minimum absolute atomic E-state index is 0.0502. The van der Waals surface area contributed by atoms with Crippen LogP contribution in [0, 0.1) is 0 Å². The van der Waals surface area contributed by atoms with Crippen LogP contribution in [0.4, 0.5) is 5.69 Å². The molecule has 0 aliphatic rings. The monoisotopic (exact) mass is 345 g/mol. The first-order valence-electron chi connectivity index (χ1n) is 5.77. The number of anilines is 1. The third kappa shape index (κ3) is 3.75. The zero-order chi connectivity index (χ0) is 15.7. The molecule has 0 amide bonds. The Balaban J connectivity index is 2.50. The van der Waals surface area contributed by atoms with Gasteiger partial charge >= 0.3 is 0 Å². The summed E-state index contributed by atoms with van der Waals surface area (Å²) in [4.78, 5) is -0.392. The van der Waals surface area contributed by atoms with Crippen LogP contribution in [-0.2, 0) is 19.9 Å².